The van der Waals surface area contributed by atoms with Gasteiger partial charge in [0.25, 0.3) is 0 Å². The first-order valence-electron chi connectivity index (χ1n) is 8.96. The van der Waals surface area contributed by atoms with Gasteiger partial charge in [0.15, 0.2) is 0 Å². The Kier molecular flexibility index (Phi) is 5.78. The highest BCUT2D eigenvalue weighted by Crippen LogP contribution is 2.39. The molecule has 26 heavy (non-hydrogen) atoms. The third-order valence-corrected chi connectivity index (χ3v) is 5.11. The van der Waals surface area contributed by atoms with E-state index in [-0.39, 0.29) is 11.4 Å². The molecule has 1 saturated heterocycles. The minimum absolute atomic E-state index is 0.187. The average molecular weight is 354 g/mol. The molecule has 1 heterocycles. The Morgan fingerprint density at radius 1 is 1.12 bits per heavy atom. The van der Waals surface area contributed by atoms with Crippen molar-refractivity contribution >= 4 is 11.7 Å². The molecule has 1 aliphatic heterocycles. The molecule has 0 aliphatic carbocycles. The van der Waals surface area contributed by atoms with Gasteiger partial charge in [-0.05, 0) is 37.5 Å². The molecule has 1 fully saturated rings. The Hall–Kier alpha value is -2.53. The molecule has 3 rings (SSSR count). The summed E-state index contributed by atoms with van der Waals surface area (Å²) in [5, 5.41) is 5.99. The summed E-state index contributed by atoms with van der Waals surface area (Å²) in [5.74, 6) is 0.857. The number of para-hydroxylation sites is 2. The molecule has 0 spiro atoms. The van der Waals surface area contributed by atoms with Crippen molar-refractivity contribution in [3.8, 4) is 5.75 Å². The Balaban J connectivity index is 1.75. The van der Waals surface area contributed by atoms with Crippen molar-refractivity contribution < 1.29 is 14.3 Å². The van der Waals surface area contributed by atoms with Gasteiger partial charge in [-0.25, -0.2) is 4.79 Å². The number of hydrogen-bond donors (Lipinski definition) is 2. The number of nitrogens with one attached hydrogen (secondary N) is 2. The number of carbonyl (C=O) groups excluding carboxylic acids is 1. The summed E-state index contributed by atoms with van der Waals surface area (Å²) in [6.07, 6.45) is 1.69. The van der Waals surface area contributed by atoms with E-state index >= 15 is 0 Å². The number of urea groups is 1. The summed E-state index contributed by atoms with van der Waals surface area (Å²) in [6, 6.07) is 15.6. The molecule has 2 aromatic carbocycles. The number of aryl methyl sites for hydroxylation is 1. The molecule has 5 nitrogen and oxygen atoms in total. The number of ether oxygens (including phenoxy) is 2. The van der Waals surface area contributed by atoms with Crippen LogP contribution in [-0.2, 0) is 10.2 Å². The van der Waals surface area contributed by atoms with Crippen LogP contribution in [0.5, 0.6) is 5.75 Å². The number of anilines is 1. The van der Waals surface area contributed by atoms with Gasteiger partial charge in [0, 0.05) is 36.4 Å². The van der Waals surface area contributed by atoms with Gasteiger partial charge in [0.2, 0.25) is 0 Å². The van der Waals surface area contributed by atoms with Crippen LogP contribution < -0.4 is 15.4 Å². The van der Waals surface area contributed by atoms with E-state index in [1.54, 1.807) is 7.11 Å². The van der Waals surface area contributed by atoms with Crippen LogP contribution in [0.25, 0.3) is 0 Å². The minimum Gasteiger partial charge on any atom is -0.496 e. The molecule has 0 radical (unpaired) electrons. The molecule has 2 amide bonds. The number of carbonyl (C=O) groups is 1. The third-order valence-electron chi connectivity index (χ3n) is 5.11. The lowest BCUT2D eigenvalue weighted by atomic mass is 9.73. The smallest absolute Gasteiger partial charge is 0.319 e. The fraction of sp³-hybridized carbons (Fsp3) is 0.381. The molecule has 2 N–H and O–H groups in total. The Labute approximate surface area is 154 Å². The summed E-state index contributed by atoms with van der Waals surface area (Å²) < 4.78 is 11.1. The van der Waals surface area contributed by atoms with E-state index in [9.17, 15) is 4.79 Å². The van der Waals surface area contributed by atoms with Gasteiger partial charge in [-0.3, -0.25) is 0 Å². The molecule has 0 bridgehead atoms. The van der Waals surface area contributed by atoms with Crippen molar-refractivity contribution in [3.05, 3.63) is 59.7 Å². The van der Waals surface area contributed by atoms with E-state index in [0.717, 1.165) is 35.4 Å². The number of methoxy groups -OCH3 is 1. The van der Waals surface area contributed by atoms with Crippen LogP contribution >= 0.6 is 0 Å². The molecule has 0 unspecified atom stereocenters. The minimum atomic E-state index is -0.194. The van der Waals surface area contributed by atoms with Crippen molar-refractivity contribution in [1.82, 2.24) is 5.32 Å². The zero-order valence-corrected chi connectivity index (χ0v) is 15.4. The highest BCUT2D eigenvalue weighted by atomic mass is 16.5. The summed E-state index contributed by atoms with van der Waals surface area (Å²) >= 11 is 0. The zero-order valence-electron chi connectivity index (χ0n) is 15.4. The summed E-state index contributed by atoms with van der Waals surface area (Å²) in [4.78, 5) is 12.5. The summed E-state index contributed by atoms with van der Waals surface area (Å²) in [6.45, 7) is 3.87. The fourth-order valence-corrected chi connectivity index (χ4v) is 3.52. The maximum Gasteiger partial charge on any atom is 0.319 e. The highest BCUT2D eigenvalue weighted by Gasteiger charge is 2.37. The molecular weight excluding hydrogens is 328 g/mol. The normalized spacial score (nSPS) is 15.9. The number of benzene rings is 2. The Morgan fingerprint density at radius 2 is 1.81 bits per heavy atom. The van der Waals surface area contributed by atoms with Crippen LogP contribution in [0.4, 0.5) is 10.5 Å². The van der Waals surface area contributed by atoms with Crippen LogP contribution in [0, 0.1) is 6.92 Å². The van der Waals surface area contributed by atoms with Crippen molar-refractivity contribution in [2.45, 2.75) is 25.2 Å². The van der Waals surface area contributed by atoms with Gasteiger partial charge in [0.1, 0.15) is 5.75 Å². The van der Waals surface area contributed by atoms with Crippen molar-refractivity contribution in [2.75, 3.05) is 32.2 Å². The van der Waals surface area contributed by atoms with Gasteiger partial charge >= 0.3 is 6.03 Å². The van der Waals surface area contributed by atoms with E-state index in [1.165, 1.54) is 0 Å². The lowest BCUT2D eigenvalue weighted by Gasteiger charge is -2.38. The number of rotatable bonds is 5. The highest BCUT2D eigenvalue weighted by molar-refractivity contribution is 5.90. The quantitative estimate of drug-likeness (QED) is 0.857. The predicted molar refractivity (Wildman–Crippen MR) is 103 cm³/mol. The second kappa shape index (κ2) is 8.23. The molecule has 138 valence electrons. The van der Waals surface area contributed by atoms with Crippen molar-refractivity contribution in [3.63, 3.8) is 0 Å². The average Bonchev–Trinajstić information content (AvgIpc) is 2.69. The fourth-order valence-electron chi connectivity index (χ4n) is 3.52. The van der Waals surface area contributed by atoms with E-state index in [4.69, 9.17) is 9.47 Å². The second-order valence-corrected chi connectivity index (χ2v) is 6.72. The Morgan fingerprint density at radius 3 is 2.54 bits per heavy atom. The summed E-state index contributed by atoms with van der Waals surface area (Å²) in [5.41, 5.74) is 2.80. The van der Waals surface area contributed by atoms with Crippen LogP contribution in [0.1, 0.15) is 24.0 Å². The lowest BCUT2D eigenvalue weighted by molar-refractivity contribution is 0.0500. The first kappa shape index (κ1) is 18.3. The molecule has 5 heteroatoms. The maximum absolute atomic E-state index is 12.5. The largest absolute Gasteiger partial charge is 0.496 e. The maximum atomic E-state index is 12.5. The molecule has 1 aliphatic rings. The van der Waals surface area contributed by atoms with Crippen molar-refractivity contribution in [1.29, 1.82) is 0 Å². The summed E-state index contributed by atoms with van der Waals surface area (Å²) in [7, 11) is 1.68. The van der Waals surface area contributed by atoms with E-state index in [2.05, 4.69) is 16.7 Å². The van der Waals surface area contributed by atoms with Gasteiger partial charge in [-0.2, -0.15) is 0 Å². The molecular formula is C21H26N2O3. The van der Waals surface area contributed by atoms with Crippen LogP contribution in [0.3, 0.4) is 0 Å². The van der Waals surface area contributed by atoms with Gasteiger partial charge < -0.3 is 20.1 Å². The standard InChI is InChI=1S/C21H26N2O3/c1-16-7-3-5-9-18(16)23-20(24)22-15-21(11-13-26-14-12-21)17-8-4-6-10-19(17)25-2/h3-10H,11-15H2,1-2H3,(H2,22,23,24). The van der Waals surface area contributed by atoms with E-state index in [0.29, 0.717) is 19.8 Å². The lowest BCUT2D eigenvalue weighted by Crippen LogP contribution is -2.45. The number of hydrogen-bond acceptors (Lipinski definition) is 3. The van der Waals surface area contributed by atoms with Gasteiger partial charge in [-0.1, -0.05) is 36.4 Å². The number of amides is 2. The third kappa shape index (κ3) is 3.99. The van der Waals surface area contributed by atoms with E-state index < -0.39 is 0 Å². The van der Waals surface area contributed by atoms with Gasteiger partial charge in [0.05, 0.1) is 7.11 Å². The van der Waals surface area contributed by atoms with Gasteiger partial charge in [-0.15, -0.1) is 0 Å². The molecule has 2 aromatic rings. The zero-order chi connectivity index (χ0) is 18.4. The molecule has 0 aromatic heterocycles. The van der Waals surface area contributed by atoms with Crippen molar-refractivity contribution in [2.24, 2.45) is 0 Å². The molecule has 0 atom stereocenters. The SMILES string of the molecule is COc1ccccc1C1(CNC(=O)Nc2ccccc2C)CCOCC1. The van der Waals surface area contributed by atoms with Crippen LogP contribution in [-0.4, -0.2) is 32.9 Å². The predicted octanol–water partition coefficient (Wildman–Crippen LogP) is 3.87. The van der Waals surface area contributed by atoms with Crippen LogP contribution in [0.15, 0.2) is 48.5 Å². The second-order valence-electron chi connectivity index (χ2n) is 6.72. The van der Waals surface area contributed by atoms with E-state index in [1.807, 2.05) is 49.4 Å². The van der Waals surface area contributed by atoms with Crippen LogP contribution in [0.2, 0.25) is 0 Å². The first-order chi connectivity index (χ1) is 12.6. The molecule has 0 saturated carbocycles. The first-order valence-corrected chi connectivity index (χ1v) is 8.96. The topological polar surface area (TPSA) is 59.6 Å². The monoisotopic (exact) mass is 354 g/mol. The Bertz CT molecular complexity index is 754.